The van der Waals surface area contributed by atoms with Gasteiger partial charge in [0.15, 0.2) is 4.34 Å². The van der Waals surface area contributed by atoms with Gasteiger partial charge in [-0.2, -0.15) is 0 Å². The quantitative estimate of drug-likeness (QED) is 0.695. The fourth-order valence-electron chi connectivity index (χ4n) is 2.22. The van der Waals surface area contributed by atoms with Gasteiger partial charge in [0, 0.05) is 5.75 Å². The molecular formula is C15H21N3OS2. The van der Waals surface area contributed by atoms with E-state index in [-0.39, 0.29) is 12.1 Å². The summed E-state index contributed by atoms with van der Waals surface area (Å²) in [6.07, 6.45) is 1.88. The van der Waals surface area contributed by atoms with Crippen LogP contribution in [0, 0.1) is 0 Å². The average molecular weight is 323 g/mol. The Morgan fingerprint density at radius 3 is 2.76 bits per heavy atom. The van der Waals surface area contributed by atoms with E-state index in [1.165, 1.54) is 0 Å². The lowest BCUT2D eigenvalue weighted by molar-refractivity contribution is 0.157. The molecule has 1 aromatic heterocycles. The fraction of sp³-hybridized carbons (Fsp3) is 0.467. The predicted octanol–water partition coefficient (Wildman–Crippen LogP) is 2.91. The minimum absolute atomic E-state index is 0.0910. The Morgan fingerprint density at radius 1 is 1.33 bits per heavy atom. The topological polar surface area (TPSA) is 58.0 Å². The van der Waals surface area contributed by atoms with Crippen LogP contribution in [0.1, 0.15) is 25.3 Å². The molecule has 0 spiro atoms. The molecule has 1 atom stereocenters. The molecule has 2 N–H and O–H groups in total. The molecular weight excluding hydrogens is 302 g/mol. The molecule has 0 bridgehead atoms. The number of nitrogens with one attached hydrogen (secondary N) is 1. The summed E-state index contributed by atoms with van der Waals surface area (Å²) < 4.78 is 0.977. The summed E-state index contributed by atoms with van der Waals surface area (Å²) in [6, 6.07) is 10.2. The maximum atomic E-state index is 10.0. The van der Waals surface area contributed by atoms with E-state index < -0.39 is 0 Å². The molecule has 0 radical (unpaired) electrons. The minimum atomic E-state index is -0.380. The van der Waals surface area contributed by atoms with Crippen molar-refractivity contribution in [1.82, 2.24) is 15.5 Å². The molecule has 0 saturated carbocycles. The molecule has 21 heavy (non-hydrogen) atoms. The lowest BCUT2D eigenvalue weighted by Crippen LogP contribution is -2.46. The summed E-state index contributed by atoms with van der Waals surface area (Å²) in [4.78, 5) is 0. The van der Waals surface area contributed by atoms with E-state index in [0.717, 1.165) is 35.0 Å². The van der Waals surface area contributed by atoms with Gasteiger partial charge in [0.05, 0.1) is 12.1 Å². The predicted molar refractivity (Wildman–Crippen MR) is 88.7 cm³/mol. The third-order valence-electron chi connectivity index (χ3n) is 3.40. The minimum Gasteiger partial charge on any atom is -0.394 e. The number of aromatic nitrogens is 2. The average Bonchev–Trinajstić information content (AvgIpc) is 3.05. The summed E-state index contributed by atoms with van der Waals surface area (Å²) in [5.41, 5.74) is 2.50. The highest BCUT2D eigenvalue weighted by atomic mass is 32.2. The molecule has 1 unspecified atom stereocenters. The Bertz CT molecular complexity index is 507. The van der Waals surface area contributed by atoms with E-state index in [9.17, 15) is 5.11 Å². The van der Waals surface area contributed by atoms with E-state index in [1.807, 2.05) is 18.2 Å². The second kappa shape index (κ2) is 8.48. The van der Waals surface area contributed by atoms with Gasteiger partial charge in [-0.05, 0) is 24.9 Å². The third-order valence-corrected chi connectivity index (χ3v) is 5.27. The number of aliphatic hydroxyl groups excluding tert-OH is 1. The van der Waals surface area contributed by atoms with Crippen molar-refractivity contribution in [2.24, 2.45) is 0 Å². The van der Waals surface area contributed by atoms with E-state index in [1.54, 1.807) is 28.6 Å². The van der Waals surface area contributed by atoms with Gasteiger partial charge in [0.1, 0.15) is 5.51 Å². The largest absolute Gasteiger partial charge is 0.394 e. The number of hydrogen-bond donors (Lipinski definition) is 2. The smallest absolute Gasteiger partial charge is 0.174 e. The highest BCUT2D eigenvalue weighted by Crippen LogP contribution is 2.29. The van der Waals surface area contributed by atoms with Crippen molar-refractivity contribution in [3.05, 3.63) is 41.4 Å². The second-order valence-corrected chi connectivity index (χ2v) is 7.01. The second-order valence-electron chi connectivity index (χ2n) is 4.84. The van der Waals surface area contributed by atoms with Crippen molar-refractivity contribution in [3.8, 4) is 0 Å². The first-order chi connectivity index (χ1) is 10.3. The molecule has 0 fully saturated rings. The molecule has 114 valence electrons. The van der Waals surface area contributed by atoms with Crippen LogP contribution in [0.2, 0.25) is 0 Å². The molecule has 6 heteroatoms. The van der Waals surface area contributed by atoms with Crippen molar-refractivity contribution >= 4 is 23.1 Å². The standard InChI is InChI=1S/C15H21N3OS2/c1-2-9-16-15(11-19,13-6-4-3-5-7-13)8-10-20-14-18-17-12-21-14/h3-7,12,16,19H,2,8-11H2,1H3. The number of hydrogen-bond acceptors (Lipinski definition) is 6. The zero-order chi connectivity index (χ0) is 15.0. The summed E-state index contributed by atoms with van der Waals surface area (Å²) in [5.74, 6) is 0.890. The SMILES string of the molecule is CCCNC(CO)(CCSc1nncs1)c1ccccc1. The summed E-state index contributed by atoms with van der Waals surface area (Å²) in [6.45, 7) is 3.11. The highest BCUT2D eigenvalue weighted by molar-refractivity contribution is 8.00. The van der Waals surface area contributed by atoms with Crippen LogP contribution in [0.3, 0.4) is 0 Å². The molecule has 0 aliphatic heterocycles. The van der Waals surface area contributed by atoms with Gasteiger partial charge in [0.2, 0.25) is 0 Å². The maximum Gasteiger partial charge on any atom is 0.174 e. The summed E-state index contributed by atoms with van der Waals surface area (Å²) >= 11 is 3.24. The van der Waals surface area contributed by atoms with Crippen LogP contribution in [-0.4, -0.2) is 34.2 Å². The monoisotopic (exact) mass is 323 g/mol. The number of aliphatic hydroxyl groups is 1. The van der Waals surface area contributed by atoms with Crippen molar-refractivity contribution in [3.63, 3.8) is 0 Å². The number of benzene rings is 1. The van der Waals surface area contributed by atoms with Crippen LogP contribution in [0.4, 0.5) is 0 Å². The van der Waals surface area contributed by atoms with Crippen LogP contribution in [0.5, 0.6) is 0 Å². The first kappa shape index (κ1) is 16.4. The lowest BCUT2D eigenvalue weighted by Gasteiger charge is -2.34. The summed E-state index contributed by atoms with van der Waals surface area (Å²) in [7, 11) is 0. The van der Waals surface area contributed by atoms with Gasteiger partial charge in [-0.3, -0.25) is 0 Å². The normalized spacial score (nSPS) is 14.0. The maximum absolute atomic E-state index is 10.0. The van der Waals surface area contributed by atoms with Crippen LogP contribution in [0.15, 0.2) is 40.2 Å². The van der Waals surface area contributed by atoms with Gasteiger partial charge < -0.3 is 10.4 Å². The van der Waals surface area contributed by atoms with Crippen LogP contribution < -0.4 is 5.32 Å². The molecule has 0 saturated heterocycles. The van der Waals surface area contributed by atoms with Gasteiger partial charge in [-0.15, -0.1) is 10.2 Å². The first-order valence-corrected chi connectivity index (χ1v) is 8.97. The molecule has 1 heterocycles. The summed E-state index contributed by atoms with van der Waals surface area (Å²) in [5, 5.41) is 21.4. The zero-order valence-electron chi connectivity index (χ0n) is 12.2. The molecule has 0 amide bonds. The molecule has 0 aliphatic carbocycles. The van der Waals surface area contributed by atoms with Crippen LogP contribution >= 0.6 is 23.1 Å². The van der Waals surface area contributed by atoms with Crippen molar-refractivity contribution in [2.75, 3.05) is 18.9 Å². The molecule has 2 rings (SSSR count). The Labute approximate surface area is 134 Å². The molecule has 2 aromatic rings. The van der Waals surface area contributed by atoms with E-state index in [4.69, 9.17) is 0 Å². The van der Waals surface area contributed by atoms with Gasteiger partial charge >= 0.3 is 0 Å². The number of thioether (sulfide) groups is 1. The highest BCUT2D eigenvalue weighted by Gasteiger charge is 2.30. The number of nitrogens with zero attached hydrogens (tertiary/aromatic N) is 2. The Morgan fingerprint density at radius 2 is 2.14 bits per heavy atom. The van der Waals surface area contributed by atoms with E-state index in [0.29, 0.717) is 0 Å². The van der Waals surface area contributed by atoms with Crippen molar-refractivity contribution in [2.45, 2.75) is 29.6 Å². The van der Waals surface area contributed by atoms with E-state index in [2.05, 4.69) is 34.6 Å². The fourth-order valence-corrected chi connectivity index (χ4v) is 3.88. The van der Waals surface area contributed by atoms with Crippen molar-refractivity contribution < 1.29 is 5.11 Å². The Hall–Kier alpha value is -0.950. The van der Waals surface area contributed by atoms with Crippen LogP contribution in [0.25, 0.3) is 0 Å². The van der Waals surface area contributed by atoms with Crippen LogP contribution in [-0.2, 0) is 5.54 Å². The third kappa shape index (κ3) is 4.51. The van der Waals surface area contributed by atoms with Gasteiger partial charge in [-0.1, -0.05) is 60.4 Å². The van der Waals surface area contributed by atoms with E-state index >= 15 is 0 Å². The molecule has 4 nitrogen and oxygen atoms in total. The Balaban J connectivity index is 2.07. The number of rotatable bonds is 9. The molecule has 0 aliphatic rings. The van der Waals surface area contributed by atoms with Gasteiger partial charge in [-0.25, -0.2) is 0 Å². The van der Waals surface area contributed by atoms with Crippen molar-refractivity contribution in [1.29, 1.82) is 0 Å². The van der Waals surface area contributed by atoms with Gasteiger partial charge in [0.25, 0.3) is 0 Å². The first-order valence-electron chi connectivity index (χ1n) is 7.11. The molecule has 1 aromatic carbocycles. The zero-order valence-corrected chi connectivity index (χ0v) is 13.8. The lowest BCUT2D eigenvalue weighted by atomic mass is 9.88. The Kier molecular flexibility index (Phi) is 6.63.